The third kappa shape index (κ3) is 4.26. The summed E-state index contributed by atoms with van der Waals surface area (Å²) in [6.45, 7) is 0. The number of hydrogen-bond donors (Lipinski definition) is 0. The molecule has 2 aromatic heterocycles. The van der Waals surface area contributed by atoms with Gasteiger partial charge in [0, 0.05) is 22.7 Å². The second-order valence-electron chi connectivity index (χ2n) is 11.4. The minimum atomic E-state index is 0.932. The molecule has 7 aromatic carbocycles. The second kappa shape index (κ2) is 9.82. The number of benzene rings is 7. The molecule has 0 bridgehead atoms. The van der Waals surface area contributed by atoms with Gasteiger partial charge in [-0.1, -0.05) is 78.9 Å². The molecule has 0 saturated carbocycles. The Balaban J connectivity index is 1.24. The van der Waals surface area contributed by atoms with Gasteiger partial charge in [-0.3, -0.25) is 0 Å². The molecule has 0 unspecified atom stereocenters. The van der Waals surface area contributed by atoms with Crippen molar-refractivity contribution < 1.29 is 0 Å². The maximum atomic E-state index is 5.28. The number of rotatable bonds is 3. The Morgan fingerprint density at radius 1 is 0.341 bits per heavy atom. The van der Waals surface area contributed by atoms with Gasteiger partial charge in [-0.25, -0.2) is 15.0 Å². The first-order valence-electron chi connectivity index (χ1n) is 14.8. The summed E-state index contributed by atoms with van der Waals surface area (Å²) in [5.41, 5.74) is 7.20. The second-order valence-corrected chi connectivity index (χ2v) is 11.4. The Labute approximate surface area is 254 Å². The van der Waals surface area contributed by atoms with Crippen LogP contribution >= 0.6 is 0 Å². The first-order valence-corrected chi connectivity index (χ1v) is 14.8. The Morgan fingerprint density at radius 3 is 1.39 bits per heavy atom. The normalized spacial score (nSPS) is 11.6. The summed E-state index contributed by atoms with van der Waals surface area (Å²) < 4.78 is 0. The van der Waals surface area contributed by atoms with E-state index in [1.807, 2.05) is 6.20 Å². The monoisotopic (exact) mass is 559 g/mol. The lowest BCUT2D eigenvalue weighted by Crippen LogP contribution is -1.92. The average molecular weight is 560 g/mol. The summed E-state index contributed by atoms with van der Waals surface area (Å²) in [5, 5.41) is 10.8. The molecule has 3 heteroatoms. The molecule has 0 amide bonds. The van der Waals surface area contributed by atoms with Crippen LogP contribution in [0.25, 0.3) is 87.6 Å². The number of hydrogen-bond acceptors (Lipinski definition) is 3. The van der Waals surface area contributed by atoms with Crippen molar-refractivity contribution in [2.24, 2.45) is 0 Å². The molecule has 9 rings (SSSR count). The fourth-order valence-corrected chi connectivity index (χ4v) is 6.36. The zero-order valence-electron chi connectivity index (χ0n) is 23.8. The van der Waals surface area contributed by atoms with E-state index in [1.54, 1.807) is 6.33 Å². The summed E-state index contributed by atoms with van der Waals surface area (Å²) in [6, 6.07) is 50.2. The quantitative estimate of drug-likeness (QED) is 0.202. The van der Waals surface area contributed by atoms with Gasteiger partial charge in [0.1, 0.15) is 6.33 Å². The van der Waals surface area contributed by atoms with Gasteiger partial charge < -0.3 is 0 Å². The summed E-state index contributed by atoms with van der Waals surface area (Å²) in [4.78, 5) is 14.0. The average Bonchev–Trinajstić information content (AvgIpc) is 3.09. The predicted octanol–water partition coefficient (Wildman–Crippen LogP) is 10.6. The van der Waals surface area contributed by atoms with Crippen molar-refractivity contribution in [2.75, 3.05) is 0 Å². The molecule has 0 N–H and O–H groups in total. The van der Waals surface area contributed by atoms with Crippen molar-refractivity contribution in [3.05, 3.63) is 152 Å². The van der Waals surface area contributed by atoms with E-state index in [9.17, 15) is 0 Å². The van der Waals surface area contributed by atoms with E-state index < -0.39 is 0 Å². The molecule has 0 aliphatic rings. The van der Waals surface area contributed by atoms with Crippen molar-refractivity contribution in [1.82, 2.24) is 15.0 Å². The molecule has 9 aromatic rings. The minimum absolute atomic E-state index is 0.932. The van der Waals surface area contributed by atoms with Crippen LogP contribution in [0.4, 0.5) is 0 Å². The van der Waals surface area contributed by atoms with Gasteiger partial charge in [-0.2, -0.15) is 0 Å². The van der Waals surface area contributed by atoms with Crippen LogP contribution in [0, 0.1) is 0 Å². The molecule has 0 aliphatic heterocycles. The van der Waals surface area contributed by atoms with Crippen LogP contribution in [-0.4, -0.2) is 15.0 Å². The van der Waals surface area contributed by atoms with Gasteiger partial charge in [0.2, 0.25) is 0 Å². The maximum absolute atomic E-state index is 5.28. The SMILES string of the molecule is c1ccc2cc3cc(-c4cc(-c5ccc6ncncc6c5)cc(-c5ccc6cc7ccccc7cc6c5)n4)ccc3cc2c1. The van der Waals surface area contributed by atoms with Gasteiger partial charge in [0.25, 0.3) is 0 Å². The Morgan fingerprint density at radius 2 is 0.818 bits per heavy atom. The van der Waals surface area contributed by atoms with Gasteiger partial charge >= 0.3 is 0 Å². The topological polar surface area (TPSA) is 38.7 Å². The number of pyridine rings is 1. The van der Waals surface area contributed by atoms with Crippen LogP contribution < -0.4 is 0 Å². The van der Waals surface area contributed by atoms with Crippen molar-refractivity contribution >= 4 is 54.0 Å². The Hall–Kier alpha value is -5.93. The van der Waals surface area contributed by atoms with Crippen molar-refractivity contribution in [3.8, 4) is 33.6 Å². The molecule has 3 nitrogen and oxygen atoms in total. The molecule has 204 valence electrons. The number of aromatic nitrogens is 3. The molecule has 0 fully saturated rings. The molecule has 2 heterocycles. The Kier molecular flexibility index (Phi) is 5.50. The predicted molar refractivity (Wildman–Crippen MR) is 184 cm³/mol. The molecule has 0 spiro atoms. The molecular formula is C41H25N3. The zero-order chi connectivity index (χ0) is 29.0. The summed E-state index contributed by atoms with van der Waals surface area (Å²) >= 11 is 0. The Bertz CT molecular complexity index is 2430. The van der Waals surface area contributed by atoms with Gasteiger partial charge in [-0.05, 0) is 115 Å². The van der Waals surface area contributed by atoms with E-state index in [-0.39, 0.29) is 0 Å². The zero-order valence-corrected chi connectivity index (χ0v) is 23.8. The number of fused-ring (bicyclic) bond motifs is 5. The lowest BCUT2D eigenvalue weighted by atomic mass is 9.96. The molecule has 0 radical (unpaired) electrons. The largest absolute Gasteiger partial charge is 0.248 e. The van der Waals surface area contributed by atoms with E-state index >= 15 is 0 Å². The van der Waals surface area contributed by atoms with Crippen LogP contribution in [-0.2, 0) is 0 Å². The number of nitrogens with zero attached hydrogens (tertiary/aromatic N) is 3. The van der Waals surface area contributed by atoms with Gasteiger partial charge in [0.15, 0.2) is 0 Å². The fourth-order valence-electron chi connectivity index (χ4n) is 6.36. The third-order valence-corrected chi connectivity index (χ3v) is 8.66. The van der Waals surface area contributed by atoms with E-state index in [1.165, 1.54) is 43.1 Å². The van der Waals surface area contributed by atoms with Crippen LogP contribution in [0.15, 0.2) is 152 Å². The smallest absolute Gasteiger partial charge is 0.116 e. The standard InChI is InChI=1S/C41H25N3/c1-3-7-28-17-35-20-33(11-9-30(35)15-26(28)5-1)40-22-37(32-13-14-39-38(19-32)24-42-25-43-39)23-41(44-40)34-12-10-31-16-27-6-2-4-8-29(27)18-36(31)21-34/h1-25H. The maximum Gasteiger partial charge on any atom is 0.116 e. The summed E-state index contributed by atoms with van der Waals surface area (Å²) in [5.74, 6) is 0. The summed E-state index contributed by atoms with van der Waals surface area (Å²) in [6.07, 6.45) is 3.46. The van der Waals surface area contributed by atoms with Crippen LogP contribution in [0.2, 0.25) is 0 Å². The molecule has 0 aliphatic carbocycles. The lowest BCUT2D eigenvalue weighted by molar-refractivity contribution is 1.22. The summed E-state index contributed by atoms with van der Waals surface area (Å²) in [7, 11) is 0. The van der Waals surface area contributed by atoms with Crippen molar-refractivity contribution in [1.29, 1.82) is 0 Å². The molecular weight excluding hydrogens is 534 g/mol. The molecule has 0 saturated heterocycles. The van der Waals surface area contributed by atoms with E-state index in [2.05, 4.69) is 149 Å². The van der Waals surface area contributed by atoms with Crippen LogP contribution in [0.5, 0.6) is 0 Å². The van der Waals surface area contributed by atoms with E-state index in [4.69, 9.17) is 4.98 Å². The molecule has 44 heavy (non-hydrogen) atoms. The van der Waals surface area contributed by atoms with Crippen molar-refractivity contribution in [2.45, 2.75) is 0 Å². The highest BCUT2D eigenvalue weighted by Gasteiger charge is 2.12. The van der Waals surface area contributed by atoms with Crippen LogP contribution in [0.3, 0.4) is 0 Å². The van der Waals surface area contributed by atoms with E-state index in [0.717, 1.165) is 44.5 Å². The lowest BCUT2D eigenvalue weighted by Gasteiger charge is -2.12. The van der Waals surface area contributed by atoms with Gasteiger partial charge in [-0.15, -0.1) is 0 Å². The fraction of sp³-hybridized carbons (Fsp3) is 0. The van der Waals surface area contributed by atoms with E-state index in [0.29, 0.717) is 0 Å². The highest BCUT2D eigenvalue weighted by Crippen LogP contribution is 2.35. The highest BCUT2D eigenvalue weighted by molar-refractivity contribution is 6.01. The first kappa shape index (κ1) is 24.6. The van der Waals surface area contributed by atoms with Gasteiger partial charge in [0.05, 0.1) is 16.9 Å². The highest BCUT2D eigenvalue weighted by atomic mass is 14.8. The third-order valence-electron chi connectivity index (χ3n) is 8.66. The first-order chi connectivity index (χ1) is 21.7. The van der Waals surface area contributed by atoms with Crippen LogP contribution in [0.1, 0.15) is 0 Å². The van der Waals surface area contributed by atoms with Crippen molar-refractivity contribution in [3.63, 3.8) is 0 Å². The molecule has 0 atom stereocenters. The minimum Gasteiger partial charge on any atom is -0.248 e.